The Morgan fingerprint density at radius 2 is 1.96 bits per heavy atom. The minimum Gasteiger partial charge on any atom is -0.459 e. The zero-order valence-electron chi connectivity index (χ0n) is 16.5. The highest BCUT2D eigenvalue weighted by Gasteiger charge is 2.27. The molecule has 1 aromatic carbocycles. The highest BCUT2D eigenvalue weighted by molar-refractivity contribution is 7.18. The van der Waals surface area contributed by atoms with E-state index in [2.05, 4.69) is 36.1 Å². The molecule has 0 N–H and O–H groups in total. The third-order valence-electron chi connectivity index (χ3n) is 5.77. The maximum Gasteiger partial charge on any atom is 0.342 e. The molecule has 2 aromatic heterocycles. The second-order valence-electron chi connectivity index (χ2n) is 7.58. The van der Waals surface area contributed by atoms with Gasteiger partial charge in [-0.25, -0.2) is 4.79 Å². The number of aryl methyl sites for hydroxylation is 2. The smallest absolute Gasteiger partial charge is 0.342 e. The Morgan fingerprint density at radius 3 is 2.70 bits per heavy atom. The first kappa shape index (κ1) is 18.5. The topological polar surface area (TPSA) is 34.0 Å². The van der Waals surface area contributed by atoms with Gasteiger partial charge in [-0.3, -0.25) is 0 Å². The summed E-state index contributed by atoms with van der Waals surface area (Å²) in [5.74, 6) is -0.165. The van der Waals surface area contributed by atoms with Crippen LogP contribution in [0.15, 0.2) is 24.3 Å². The number of fused-ring (bicyclic) bond motifs is 3. The summed E-state index contributed by atoms with van der Waals surface area (Å²) < 4.78 is 8.19. The minimum absolute atomic E-state index is 0.0336. The lowest BCUT2D eigenvalue weighted by atomic mass is 10.1. The molecular weight excluding hydrogens is 356 g/mol. The highest BCUT2D eigenvalue weighted by Crippen LogP contribution is 2.35. The molecule has 1 saturated heterocycles. The van der Waals surface area contributed by atoms with Crippen LogP contribution in [0.4, 0.5) is 0 Å². The molecule has 0 spiro atoms. The average Bonchev–Trinajstić information content (AvgIpc) is 3.15. The molecule has 5 heteroatoms. The Morgan fingerprint density at radius 1 is 1.22 bits per heavy atom. The highest BCUT2D eigenvalue weighted by atomic mass is 32.1. The number of carbonyl (C=O) groups is 1. The van der Waals surface area contributed by atoms with Crippen molar-refractivity contribution < 1.29 is 9.53 Å². The zero-order chi connectivity index (χ0) is 19.0. The molecule has 1 aliphatic rings. The molecular formula is C22H28N2O2S. The summed E-state index contributed by atoms with van der Waals surface area (Å²) in [6.45, 7) is 9.68. The van der Waals surface area contributed by atoms with Crippen molar-refractivity contribution in [1.82, 2.24) is 9.30 Å². The molecule has 4 nitrogen and oxygen atoms in total. The van der Waals surface area contributed by atoms with Gasteiger partial charge < -0.3 is 14.0 Å². The molecule has 1 fully saturated rings. The van der Waals surface area contributed by atoms with E-state index in [1.54, 1.807) is 11.3 Å². The SMILES string of the molecule is CCCCN1CCC(OC(=O)c2c3ccccc3n3c(C)c(C)sc23)CC1. The van der Waals surface area contributed by atoms with Gasteiger partial charge in [-0.2, -0.15) is 0 Å². The number of carbonyl (C=O) groups excluding carboxylic acids is 1. The van der Waals surface area contributed by atoms with Crippen LogP contribution in [-0.4, -0.2) is 41.0 Å². The van der Waals surface area contributed by atoms with Crippen molar-refractivity contribution in [2.75, 3.05) is 19.6 Å². The van der Waals surface area contributed by atoms with E-state index in [-0.39, 0.29) is 12.1 Å². The van der Waals surface area contributed by atoms with Crippen molar-refractivity contribution in [2.24, 2.45) is 0 Å². The minimum atomic E-state index is -0.165. The molecule has 0 amide bonds. The summed E-state index contributed by atoms with van der Waals surface area (Å²) in [7, 11) is 0. The summed E-state index contributed by atoms with van der Waals surface area (Å²) in [4.78, 5) is 17.9. The van der Waals surface area contributed by atoms with Gasteiger partial charge in [0.25, 0.3) is 0 Å². The predicted molar refractivity (Wildman–Crippen MR) is 112 cm³/mol. The Balaban J connectivity index is 1.57. The number of aromatic nitrogens is 1. The van der Waals surface area contributed by atoms with E-state index < -0.39 is 0 Å². The Bertz CT molecular complexity index is 964. The second kappa shape index (κ2) is 7.64. The molecule has 0 aliphatic carbocycles. The summed E-state index contributed by atoms with van der Waals surface area (Å²) in [5, 5.41) is 0.997. The number of hydrogen-bond donors (Lipinski definition) is 0. The fourth-order valence-corrected chi connectivity index (χ4v) is 5.21. The molecule has 0 atom stereocenters. The van der Waals surface area contributed by atoms with Crippen LogP contribution in [0.25, 0.3) is 15.7 Å². The molecule has 3 aromatic rings. The molecule has 0 radical (unpaired) electrons. The van der Waals surface area contributed by atoms with E-state index in [0.29, 0.717) is 0 Å². The number of unbranched alkanes of at least 4 members (excludes halogenated alkanes) is 1. The maximum absolute atomic E-state index is 13.1. The Kier molecular flexibility index (Phi) is 5.24. The van der Waals surface area contributed by atoms with Crippen molar-refractivity contribution in [3.63, 3.8) is 0 Å². The van der Waals surface area contributed by atoms with E-state index in [9.17, 15) is 4.79 Å². The van der Waals surface area contributed by atoms with Crippen LogP contribution in [0.1, 0.15) is 53.5 Å². The second-order valence-corrected chi connectivity index (χ2v) is 8.78. The van der Waals surface area contributed by atoms with Crippen LogP contribution in [0.3, 0.4) is 0 Å². The fourth-order valence-electron chi connectivity index (χ4n) is 4.06. The van der Waals surface area contributed by atoms with E-state index in [1.807, 2.05) is 18.2 Å². The fraction of sp³-hybridized carbons (Fsp3) is 0.500. The van der Waals surface area contributed by atoms with Crippen molar-refractivity contribution >= 4 is 33.0 Å². The van der Waals surface area contributed by atoms with Gasteiger partial charge in [-0.05, 0) is 45.7 Å². The molecule has 0 bridgehead atoms. The Hall–Kier alpha value is -1.85. The average molecular weight is 385 g/mol. The molecule has 4 rings (SSSR count). The predicted octanol–water partition coefficient (Wildman–Crippen LogP) is 5.19. The van der Waals surface area contributed by atoms with E-state index in [4.69, 9.17) is 4.74 Å². The summed E-state index contributed by atoms with van der Waals surface area (Å²) in [6, 6.07) is 8.15. The van der Waals surface area contributed by atoms with E-state index in [1.165, 1.54) is 23.4 Å². The van der Waals surface area contributed by atoms with Crippen LogP contribution in [0, 0.1) is 13.8 Å². The van der Waals surface area contributed by atoms with E-state index in [0.717, 1.165) is 53.8 Å². The van der Waals surface area contributed by atoms with Crippen molar-refractivity contribution in [3.8, 4) is 0 Å². The number of rotatable bonds is 5. The third-order valence-corrected chi connectivity index (χ3v) is 6.95. The molecule has 1 aliphatic heterocycles. The number of para-hydroxylation sites is 1. The van der Waals surface area contributed by atoms with Crippen molar-refractivity contribution in [3.05, 3.63) is 40.4 Å². The van der Waals surface area contributed by atoms with Gasteiger partial charge in [-0.1, -0.05) is 31.5 Å². The number of esters is 1. The summed E-state index contributed by atoms with van der Waals surface area (Å²) >= 11 is 1.68. The van der Waals surface area contributed by atoms with Crippen LogP contribution in [0.2, 0.25) is 0 Å². The largest absolute Gasteiger partial charge is 0.459 e. The molecule has 3 heterocycles. The lowest BCUT2D eigenvalue weighted by Gasteiger charge is -2.31. The van der Waals surface area contributed by atoms with Crippen LogP contribution >= 0.6 is 11.3 Å². The number of thiazole rings is 1. The van der Waals surface area contributed by atoms with Crippen molar-refractivity contribution in [1.29, 1.82) is 0 Å². The van der Waals surface area contributed by atoms with Gasteiger partial charge in [0.1, 0.15) is 16.5 Å². The summed E-state index contributed by atoms with van der Waals surface area (Å²) in [6.07, 6.45) is 4.38. The molecule has 0 saturated carbocycles. The number of hydrogen-bond acceptors (Lipinski definition) is 4. The number of piperidine rings is 1. The van der Waals surface area contributed by atoms with Crippen LogP contribution < -0.4 is 0 Å². The van der Waals surface area contributed by atoms with Gasteiger partial charge in [0.2, 0.25) is 0 Å². The van der Waals surface area contributed by atoms with E-state index >= 15 is 0 Å². The number of benzene rings is 1. The monoisotopic (exact) mass is 384 g/mol. The standard InChI is InChI=1S/C22H28N2O2S/c1-4-5-12-23-13-10-17(11-14-23)26-22(25)20-18-8-6-7-9-19(18)24-15(2)16(3)27-21(20)24/h6-9,17H,4-5,10-14H2,1-3H3. The van der Waals surface area contributed by atoms with Gasteiger partial charge in [0.05, 0.1) is 5.52 Å². The quantitative estimate of drug-likeness (QED) is 0.568. The van der Waals surface area contributed by atoms with Gasteiger partial charge >= 0.3 is 5.97 Å². The lowest BCUT2D eigenvalue weighted by molar-refractivity contribution is 0.0117. The maximum atomic E-state index is 13.1. The summed E-state index contributed by atoms with van der Waals surface area (Å²) in [5.41, 5.74) is 3.03. The first-order valence-electron chi connectivity index (χ1n) is 10.0. The van der Waals surface area contributed by atoms with Crippen molar-refractivity contribution in [2.45, 2.75) is 52.6 Å². The van der Waals surface area contributed by atoms with Gasteiger partial charge in [0, 0.05) is 29.0 Å². The lowest BCUT2D eigenvalue weighted by Crippen LogP contribution is -2.38. The molecule has 27 heavy (non-hydrogen) atoms. The van der Waals surface area contributed by atoms with Gasteiger partial charge in [0.15, 0.2) is 0 Å². The number of likely N-dealkylation sites (tertiary alicyclic amines) is 1. The van der Waals surface area contributed by atoms with Crippen LogP contribution in [-0.2, 0) is 4.74 Å². The van der Waals surface area contributed by atoms with Crippen LogP contribution in [0.5, 0.6) is 0 Å². The number of nitrogens with zero attached hydrogens (tertiary/aromatic N) is 2. The number of ether oxygens (including phenoxy) is 1. The third kappa shape index (κ3) is 3.39. The zero-order valence-corrected chi connectivity index (χ0v) is 17.3. The Labute approximate surface area is 164 Å². The first-order chi connectivity index (χ1) is 13.1. The normalized spacial score (nSPS) is 16.4. The van der Waals surface area contributed by atoms with Gasteiger partial charge in [-0.15, -0.1) is 11.3 Å². The molecule has 0 unspecified atom stereocenters. The molecule has 144 valence electrons. The first-order valence-corrected chi connectivity index (χ1v) is 10.8.